The summed E-state index contributed by atoms with van der Waals surface area (Å²) >= 11 is 0. The lowest BCUT2D eigenvalue weighted by Gasteiger charge is -2.23. The van der Waals surface area contributed by atoms with E-state index in [0.29, 0.717) is 12.8 Å². The molecule has 0 radical (unpaired) electrons. The lowest BCUT2D eigenvalue weighted by atomic mass is 10.1. The second-order valence-corrected chi connectivity index (χ2v) is 8.65. The summed E-state index contributed by atoms with van der Waals surface area (Å²) in [6.07, 6.45) is 0.829. The number of sulfonamides is 1. The summed E-state index contributed by atoms with van der Waals surface area (Å²) in [4.78, 5) is 36.1. The highest BCUT2D eigenvalue weighted by Crippen LogP contribution is 2.28. The summed E-state index contributed by atoms with van der Waals surface area (Å²) in [5, 5.41) is 4.78. The molecule has 8 nitrogen and oxygen atoms in total. The van der Waals surface area contributed by atoms with Crippen molar-refractivity contribution in [2.24, 2.45) is 0 Å². The number of halogens is 1. The van der Waals surface area contributed by atoms with Crippen molar-refractivity contribution in [2.75, 3.05) is 11.9 Å². The Morgan fingerprint density at radius 2 is 1.76 bits per heavy atom. The van der Waals surface area contributed by atoms with Gasteiger partial charge < -0.3 is 5.32 Å². The Morgan fingerprint density at radius 1 is 1.07 bits per heavy atom. The molecule has 10 heteroatoms. The fourth-order valence-electron chi connectivity index (χ4n) is 3.50. The first-order valence-electron chi connectivity index (χ1n) is 8.85. The molecule has 1 fully saturated rings. The van der Waals surface area contributed by atoms with Crippen LogP contribution in [-0.4, -0.2) is 43.0 Å². The molecular weight excluding hydrogens is 401 g/mol. The molecule has 2 N–H and O–H groups in total. The molecule has 0 saturated carbocycles. The maximum atomic E-state index is 13.1. The highest BCUT2D eigenvalue weighted by Gasteiger charge is 2.39. The van der Waals surface area contributed by atoms with Crippen molar-refractivity contribution in [1.82, 2.24) is 9.62 Å². The Labute approximate surface area is 165 Å². The zero-order chi connectivity index (χ0) is 20.8. The number of rotatable bonds is 4. The first-order valence-corrected chi connectivity index (χ1v) is 10.3. The highest BCUT2D eigenvalue weighted by molar-refractivity contribution is 7.89. The minimum atomic E-state index is -3.97. The summed E-state index contributed by atoms with van der Waals surface area (Å²) in [7, 11) is -3.97. The molecule has 150 valence electrons. The summed E-state index contributed by atoms with van der Waals surface area (Å²) < 4.78 is 40.0. The van der Waals surface area contributed by atoms with Crippen LogP contribution < -0.4 is 10.6 Å². The Bertz CT molecular complexity index is 1130. The van der Waals surface area contributed by atoms with Crippen LogP contribution in [0.25, 0.3) is 0 Å². The van der Waals surface area contributed by atoms with E-state index in [9.17, 15) is 27.2 Å². The Morgan fingerprint density at radius 3 is 2.48 bits per heavy atom. The molecule has 2 aliphatic rings. The quantitative estimate of drug-likeness (QED) is 0.732. The maximum Gasteiger partial charge on any atom is 0.259 e. The summed E-state index contributed by atoms with van der Waals surface area (Å²) in [5.41, 5.74) is 0.647. The van der Waals surface area contributed by atoms with Gasteiger partial charge in [-0.25, -0.2) is 12.8 Å². The van der Waals surface area contributed by atoms with Crippen molar-refractivity contribution in [2.45, 2.75) is 23.8 Å². The number of hydrogen-bond donors (Lipinski definition) is 2. The Balaban J connectivity index is 1.56. The summed E-state index contributed by atoms with van der Waals surface area (Å²) in [5.74, 6) is -2.16. The molecule has 2 aromatic carbocycles. The summed E-state index contributed by atoms with van der Waals surface area (Å²) in [6.45, 7) is 0.166. The van der Waals surface area contributed by atoms with Crippen molar-refractivity contribution >= 4 is 33.4 Å². The van der Waals surface area contributed by atoms with Crippen LogP contribution in [0.2, 0.25) is 0 Å². The lowest BCUT2D eigenvalue weighted by Crippen LogP contribution is -2.43. The number of imide groups is 1. The van der Waals surface area contributed by atoms with Crippen LogP contribution in [0.5, 0.6) is 0 Å². The van der Waals surface area contributed by atoms with Gasteiger partial charge in [0.1, 0.15) is 11.9 Å². The molecule has 2 aromatic rings. The molecule has 0 bridgehead atoms. The largest absolute Gasteiger partial charge is 0.325 e. The van der Waals surface area contributed by atoms with E-state index in [1.54, 1.807) is 0 Å². The standard InChI is InChI=1S/C19H16FN3O5S/c20-11-3-6-13(7-4-11)29(27,28)23-9-1-2-16(23)19(26)21-12-5-8-14-15(10-12)18(25)22-17(14)24/h3-8,10,16H,1-2,9H2,(H,21,26)(H,22,24,25). The second-order valence-electron chi connectivity index (χ2n) is 6.76. The van der Waals surface area contributed by atoms with Crippen molar-refractivity contribution in [3.63, 3.8) is 0 Å². The van der Waals surface area contributed by atoms with E-state index in [2.05, 4.69) is 10.6 Å². The molecule has 1 unspecified atom stereocenters. The van der Waals surface area contributed by atoms with Gasteiger partial charge in [0.2, 0.25) is 15.9 Å². The van der Waals surface area contributed by atoms with E-state index in [4.69, 9.17) is 0 Å². The molecular formula is C19H16FN3O5S. The van der Waals surface area contributed by atoms with Crippen LogP contribution in [0.1, 0.15) is 33.6 Å². The zero-order valence-corrected chi connectivity index (χ0v) is 15.8. The highest BCUT2D eigenvalue weighted by atomic mass is 32.2. The molecule has 4 rings (SSSR count). The SMILES string of the molecule is O=C1NC(=O)c2cc(NC(=O)C3CCCN3S(=O)(=O)c3ccc(F)cc3)ccc21. The van der Waals surface area contributed by atoms with Crippen molar-refractivity contribution in [3.05, 3.63) is 59.4 Å². The normalized spacial score (nSPS) is 19.1. The van der Waals surface area contributed by atoms with Gasteiger partial charge in [0.25, 0.3) is 11.8 Å². The molecule has 2 aliphatic heterocycles. The van der Waals surface area contributed by atoms with Gasteiger partial charge in [-0.05, 0) is 55.3 Å². The predicted octanol–water partition coefficient (Wildman–Crippen LogP) is 1.50. The van der Waals surface area contributed by atoms with E-state index in [0.717, 1.165) is 28.6 Å². The van der Waals surface area contributed by atoms with Crippen molar-refractivity contribution < 1.29 is 27.2 Å². The fraction of sp³-hybridized carbons (Fsp3) is 0.211. The van der Waals surface area contributed by atoms with E-state index >= 15 is 0 Å². The number of amides is 3. The molecule has 0 aliphatic carbocycles. The smallest absolute Gasteiger partial charge is 0.259 e. The molecule has 2 heterocycles. The second kappa shape index (κ2) is 7.05. The number of nitrogens with zero attached hydrogens (tertiary/aromatic N) is 1. The number of carbonyl (C=O) groups is 3. The van der Waals surface area contributed by atoms with Crippen LogP contribution >= 0.6 is 0 Å². The monoisotopic (exact) mass is 417 g/mol. The van der Waals surface area contributed by atoms with E-state index in [-0.39, 0.29) is 28.3 Å². The van der Waals surface area contributed by atoms with E-state index in [1.165, 1.54) is 18.2 Å². The van der Waals surface area contributed by atoms with Gasteiger partial charge in [-0.15, -0.1) is 0 Å². The number of benzene rings is 2. The number of carbonyl (C=O) groups excluding carboxylic acids is 3. The molecule has 3 amide bonds. The van der Waals surface area contributed by atoms with Gasteiger partial charge >= 0.3 is 0 Å². The predicted molar refractivity (Wildman–Crippen MR) is 100 cm³/mol. The molecule has 0 spiro atoms. The minimum absolute atomic E-state index is 0.0914. The Hall–Kier alpha value is -3.11. The number of nitrogens with one attached hydrogen (secondary N) is 2. The van der Waals surface area contributed by atoms with Gasteiger partial charge in [0.05, 0.1) is 16.0 Å². The number of hydrogen-bond acceptors (Lipinski definition) is 5. The van der Waals surface area contributed by atoms with Crippen LogP contribution in [0.4, 0.5) is 10.1 Å². The fourth-order valence-corrected chi connectivity index (χ4v) is 5.16. The molecule has 0 aromatic heterocycles. The van der Waals surface area contributed by atoms with Crippen molar-refractivity contribution in [3.8, 4) is 0 Å². The zero-order valence-electron chi connectivity index (χ0n) is 15.0. The first kappa shape index (κ1) is 19.2. The molecule has 29 heavy (non-hydrogen) atoms. The molecule has 1 saturated heterocycles. The van der Waals surface area contributed by atoms with Crippen molar-refractivity contribution in [1.29, 1.82) is 0 Å². The van der Waals surface area contributed by atoms with E-state index < -0.39 is 39.6 Å². The summed E-state index contributed by atoms with van der Waals surface area (Å²) in [6, 6.07) is 7.76. The van der Waals surface area contributed by atoms with Gasteiger partial charge in [0, 0.05) is 12.2 Å². The average molecular weight is 417 g/mol. The Kier molecular flexibility index (Phi) is 4.67. The topological polar surface area (TPSA) is 113 Å². The number of fused-ring (bicyclic) bond motifs is 1. The van der Waals surface area contributed by atoms with Crippen LogP contribution in [0.15, 0.2) is 47.4 Å². The van der Waals surface area contributed by atoms with Gasteiger partial charge in [-0.2, -0.15) is 4.31 Å². The molecule has 1 atom stereocenters. The number of anilines is 1. The maximum absolute atomic E-state index is 13.1. The van der Waals surface area contributed by atoms with Crippen LogP contribution in [0, 0.1) is 5.82 Å². The van der Waals surface area contributed by atoms with Crippen LogP contribution in [0.3, 0.4) is 0 Å². The third-order valence-corrected chi connectivity index (χ3v) is 6.85. The average Bonchev–Trinajstić information content (AvgIpc) is 3.28. The van der Waals surface area contributed by atoms with Gasteiger partial charge in [-0.3, -0.25) is 19.7 Å². The lowest BCUT2D eigenvalue weighted by molar-refractivity contribution is -0.119. The van der Waals surface area contributed by atoms with Gasteiger partial charge in [-0.1, -0.05) is 0 Å². The first-order chi connectivity index (χ1) is 13.8. The van der Waals surface area contributed by atoms with E-state index in [1.807, 2.05) is 0 Å². The van der Waals surface area contributed by atoms with Gasteiger partial charge in [0.15, 0.2) is 0 Å². The third kappa shape index (κ3) is 3.40. The minimum Gasteiger partial charge on any atom is -0.325 e. The third-order valence-electron chi connectivity index (χ3n) is 4.93. The van der Waals surface area contributed by atoms with Crippen LogP contribution in [-0.2, 0) is 14.8 Å².